The summed E-state index contributed by atoms with van der Waals surface area (Å²) in [5, 5.41) is 7.75. The van der Waals surface area contributed by atoms with Gasteiger partial charge in [-0.15, -0.1) is 11.3 Å². The maximum absolute atomic E-state index is 13.4. The Morgan fingerprint density at radius 2 is 2.11 bits per heavy atom. The molecule has 7 heteroatoms. The highest BCUT2D eigenvalue weighted by Gasteiger charge is 2.31. The summed E-state index contributed by atoms with van der Waals surface area (Å²) in [5.41, 5.74) is 3.83. The van der Waals surface area contributed by atoms with Crippen molar-refractivity contribution in [3.63, 3.8) is 0 Å². The average molecular weight is 381 g/mol. The van der Waals surface area contributed by atoms with Crippen LogP contribution in [0.1, 0.15) is 23.5 Å². The van der Waals surface area contributed by atoms with Gasteiger partial charge in [0.2, 0.25) is 11.8 Å². The summed E-state index contributed by atoms with van der Waals surface area (Å²) < 4.78 is 13.4. The fourth-order valence-corrected chi connectivity index (χ4v) is 3.89. The van der Waals surface area contributed by atoms with E-state index in [0.717, 1.165) is 16.8 Å². The third-order valence-corrected chi connectivity index (χ3v) is 5.28. The lowest BCUT2D eigenvalue weighted by molar-refractivity contribution is -0.123. The summed E-state index contributed by atoms with van der Waals surface area (Å²) >= 11 is 1.33. The maximum Gasteiger partial charge on any atom is 0.234 e. The van der Waals surface area contributed by atoms with Gasteiger partial charge in [0.15, 0.2) is 5.13 Å². The minimum atomic E-state index is -0.680. The second kappa shape index (κ2) is 6.92. The molecule has 2 aromatic carbocycles. The molecule has 0 saturated carbocycles. The van der Waals surface area contributed by atoms with Crippen molar-refractivity contribution in [3.8, 4) is 11.3 Å². The van der Waals surface area contributed by atoms with E-state index in [1.165, 1.54) is 29.5 Å². The molecular formula is C20H16FN3O2S. The smallest absolute Gasteiger partial charge is 0.234 e. The second-order valence-electron chi connectivity index (χ2n) is 6.38. The number of fused-ring (bicyclic) bond motifs is 1. The first-order valence-electron chi connectivity index (χ1n) is 8.43. The first-order chi connectivity index (χ1) is 13.0. The number of aryl methyl sites for hydroxylation is 1. The molecule has 1 aromatic heterocycles. The molecule has 0 radical (unpaired) electrons. The van der Waals surface area contributed by atoms with Gasteiger partial charge in [-0.3, -0.25) is 9.59 Å². The second-order valence-corrected chi connectivity index (χ2v) is 7.24. The van der Waals surface area contributed by atoms with Gasteiger partial charge in [0.1, 0.15) is 5.82 Å². The van der Waals surface area contributed by atoms with E-state index in [4.69, 9.17) is 0 Å². The van der Waals surface area contributed by atoms with Gasteiger partial charge in [-0.05, 0) is 30.2 Å². The van der Waals surface area contributed by atoms with Gasteiger partial charge in [-0.25, -0.2) is 9.37 Å². The summed E-state index contributed by atoms with van der Waals surface area (Å²) in [6.07, 6.45) is 0.0144. The van der Waals surface area contributed by atoms with E-state index in [-0.39, 0.29) is 18.2 Å². The van der Waals surface area contributed by atoms with Crippen LogP contribution in [0.2, 0.25) is 0 Å². The molecule has 1 unspecified atom stereocenters. The van der Waals surface area contributed by atoms with Crippen LogP contribution < -0.4 is 10.6 Å². The van der Waals surface area contributed by atoms with Crippen molar-refractivity contribution in [2.24, 2.45) is 0 Å². The topological polar surface area (TPSA) is 71.1 Å². The molecule has 27 heavy (non-hydrogen) atoms. The largest absolute Gasteiger partial charge is 0.326 e. The fraction of sp³-hybridized carbons (Fsp3) is 0.150. The Morgan fingerprint density at radius 1 is 1.30 bits per heavy atom. The van der Waals surface area contributed by atoms with Crippen molar-refractivity contribution in [1.29, 1.82) is 0 Å². The predicted molar refractivity (Wildman–Crippen MR) is 103 cm³/mol. The number of anilines is 2. The Labute approximate surface area is 159 Å². The van der Waals surface area contributed by atoms with Crippen LogP contribution in [0.4, 0.5) is 15.2 Å². The first kappa shape index (κ1) is 17.4. The number of thiazole rings is 1. The number of halogens is 1. The highest BCUT2D eigenvalue weighted by Crippen LogP contribution is 2.34. The van der Waals surface area contributed by atoms with Gasteiger partial charge in [0, 0.05) is 23.1 Å². The molecule has 2 heterocycles. The lowest BCUT2D eigenvalue weighted by atomic mass is 9.90. The number of benzene rings is 2. The number of nitrogens with one attached hydrogen (secondary N) is 2. The highest BCUT2D eigenvalue weighted by molar-refractivity contribution is 7.14. The molecule has 0 bridgehead atoms. The number of rotatable bonds is 3. The van der Waals surface area contributed by atoms with Crippen LogP contribution in [0.3, 0.4) is 0 Å². The van der Waals surface area contributed by atoms with Crippen molar-refractivity contribution in [2.75, 3.05) is 10.6 Å². The van der Waals surface area contributed by atoms with Crippen LogP contribution >= 0.6 is 11.3 Å². The number of hydrogen-bond donors (Lipinski definition) is 2. The van der Waals surface area contributed by atoms with Crippen LogP contribution in [0, 0.1) is 12.7 Å². The lowest BCUT2D eigenvalue weighted by Crippen LogP contribution is -2.30. The van der Waals surface area contributed by atoms with Crippen molar-refractivity contribution >= 4 is 34.0 Å². The molecule has 1 aliphatic rings. The van der Waals surface area contributed by atoms with Crippen molar-refractivity contribution in [1.82, 2.24) is 4.98 Å². The van der Waals surface area contributed by atoms with Gasteiger partial charge in [-0.1, -0.05) is 30.3 Å². The molecule has 4 rings (SSSR count). The molecule has 3 aromatic rings. The SMILES string of the molecule is Cc1ccccc1-c1csc(NC(=O)C2CC(=O)Nc3cc(F)ccc32)n1. The Balaban J connectivity index is 1.57. The standard InChI is InChI=1S/C20H16FN3O2S/c1-11-4-2-3-5-13(11)17-10-27-20(23-17)24-19(26)15-9-18(25)22-16-8-12(21)6-7-14(15)16/h2-8,10,15H,9H2,1H3,(H,22,25)(H,23,24,26). The quantitative estimate of drug-likeness (QED) is 0.710. The number of amides is 2. The molecule has 0 spiro atoms. The summed E-state index contributed by atoms with van der Waals surface area (Å²) in [6.45, 7) is 2.00. The fourth-order valence-electron chi connectivity index (χ4n) is 3.18. The Kier molecular flexibility index (Phi) is 4.45. The normalized spacial score (nSPS) is 15.8. The molecule has 2 N–H and O–H groups in total. The molecule has 136 valence electrons. The third-order valence-electron chi connectivity index (χ3n) is 4.53. The van der Waals surface area contributed by atoms with Gasteiger partial charge in [0.25, 0.3) is 0 Å². The highest BCUT2D eigenvalue weighted by atomic mass is 32.1. The van der Waals surface area contributed by atoms with E-state index < -0.39 is 11.7 Å². The molecular weight excluding hydrogens is 365 g/mol. The summed E-state index contributed by atoms with van der Waals surface area (Å²) in [7, 11) is 0. The number of carbonyl (C=O) groups excluding carboxylic acids is 2. The number of carbonyl (C=O) groups is 2. The van der Waals surface area contributed by atoms with Crippen LogP contribution in [0.25, 0.3) is 11.3 Å². The molecule has 0 fully saturated rings. The van der Waals surface area contributed by atoms with Crippen LogP contribution in [0.15, 0.2) is 47.8 Å². The summed E-state index contributed by atoms with van der Waals surface area (Å²) in [5.74, 6) is -1.78. The summed E-state index contributed by atoms with van der Waals surface area (Å²) in [6, 6.07) is 11.9. The zero-order valence-corrected chi connectivity index (χ0v) is 15.3. The van der Waals surface area contributed by atoms with Gasteiger partial charge >= 0.3 is 0 Å². The monoisotopic (exact) mass is 381 g/mol. The predicted octanol–water partition coefficient (Wildman–Crippen LogP) is 4.32. The van der Waals surface area contributed by atoms with Crippen molar-refractivity contribution in [3.05, 3.63) is 64.8 Å². The van der Waals surface area contributed by atoms with Crippen LogP contribution in [0.5, 0.6) is 0 Å². The van der Waals surface area contributed by atoms with Crippen LogP contribution in [-0.4, -0.2) is 16.8 Å². The van der Waals surface area contributed by atoms with E-state index in [9.17, 15) is 14.0 Å². The number of hydrogen-bond acceptors (Lipinski definition) is 4. The van der Waals surface area contributed by atoms with E-state index >= 15 is 0 Å². The average Bonchev–Trinajstić information content (AvgIpc) is 3.09. The maximum atomic E-state index is 13.4. The van der Waals surface area contributed by atoms with Crippen molar-refractivity contribution < 1.29 is 14.0 Å². The Morgan fingerprint density at radius 3 is 2.93 bits per heavy atom. The first-order valence-corrected chi connectivity index (χ1v) is 9.31. The lowest BCUT2D eigenvalue weighted by Gasteiger charge is -2.24. The number of nitrogens with zero attached hydrogens (tertiary/aromatic N) is 1. The van der Waals surface area contributed by atoms with Crippen molar-refractivity contribution in [2.45, 2.75) is 19.3 Å². The van der Waals surface area contributed by atoms with Crippen LogP contribution in [-0.2, 0) is 9.59 Å². The zero-order chi connectivity index (χ0) is 19.0. The van der Waals surface area contributed by atoms with Gasteiger partial charge < -0.3 is 10.6 Å². The molecule has 2 amide bonds. The minimum Gasteiger partial charge on any atom is -0.326 e. The molecule has 0 saturated heterocycles. The molecule has 1 aliphatic heterocycles. The number of aromatic nitrogens is 1. The molecule has 1 atom stereocenters. The summed E-state index contributed by atoms with van der Waals surface area (Å²) in [4.78, 5) is 29.2. The van der Waals surface area contributed by atoms with E-state index in [1.807, 2.05) is 36.6 Å². The van der Waals surface area contributed by atoms with E-state index in [2.05, 4.69) is 15.6 Å². The van der Waals surface area contributed by atoms with Gasteiger partial charge in [-0.2, -0.15) is 0 Å². The van der Waals surface area contributed by atoms with Gasteiger partial charge in [0.05, 0.1) is 11.6 Å². The Bertz CT molecular complexity index is 1050. The molecule has 0 aliphatic carbocycles. The zero-order valence-electron chi connectivity index (χ0n) is 14.5. The third kappa shape index (κ3) is 3.46. The van der Waals surface area contributed by atoms with E-state index in [1.54, 1.807) is 0 Å². The Hall–Kier alpha value is -3.06. The minimum absolute atomic E-state index is 0.0144. The van der Waals surface area contributed by atoms with E-state index in [0.29, 0.717) is 16.4 Å². The molecule has 5 nitrogen and oxygen atoms in total.